The number of carbonyl (C=O) groups excluding carboxylic acids is 1. The second-order valence-corrected chi connectivity index (χ2v) is 2.74. The van der Waals surface area contributed by atoms with Gasteiger partial charge in [-0.2, -0.15) is 0 Å². The predicted octanol–water partition coefficient (Wildman–Crippen LogP) is 1.35. The van der Waals surface area contributed by atoms with E-state index in [1.165, 1.54) is 0 Å². The molecule has 1 rings (SSSR count). The molecule has 1 aliphatic rings. The van der Waals surface area contributed by atoms with E-state index in [4.69, 9.17) is 0 Å². The van der Waals surface area contributed by atoms with Gasteiger partial charge in [-0.15, -0.1) is 0 Å². The van der Waals surface area contributed by atoms with Gasteiger partial charge in [0.1, 0.15) is 0 Å². The second kappa shape index (κ2) is 3.20. The summed E-state index contributed by atoms with van der Waals surface area (Å²) in [5.74, 6) is 0.290. The van der Waals surface area contributed by atoms with E-state index in [0.717, 1.165) is 25.8 Å². The van der Waals surface area contributed by atoms with Gasteiger partial charge in [-0.25, -0.2) is 0 Å². The Morgan fingerprint density at radius 2 is 2.33 bits per heavy atom. The highest BCUT2D eigenvalue weighted by atomic mass is 79.9. The molecule has 0 bridgehead atoms. The van der Waals surface area contributed by atoms with Gasteiger partial charge in [-0.1, -0.05) is 15.9 Å². The van der Waals surface area contributed by atoms with E-state index in [1.807, 2.05) is 4.90 Å². The van der Waals surface area contributed by atoms with Crippen molar-refractivity contribution in [2.24, 2.45) is 0 Å². The van der Waals surface area contributed by atoms with Crippen molar-refractivity contribution in [2.75, 3.05) is 12.0 Å². The van der Waals surface area contributed by atoms with E-state index in [-0.39, 0.29) is 5.91 Å². The van der Waals surface area contributed by atoms with Crippen molar-refractivity contribution in [3.8, 4) is 0 Å². The van der Waals surface area contributed by atoms with Gasteiger partial charge in [0.2, 0.25) is 5.91 Å². The summed E-state index contributed by atoms with van der Waals surface area (Å²) in [5, 5.41) is 0. The van der Waals surface area contributed by atoms with Gasteiger partial charge >= 0.3 is 0 Å². The number of carbonyl (C=O) groups is 1. The fraction of sp³-hybridized carbons (Fsp3) is 0.833. The van der Waals surface area contributed by atoms with Crippen LogP contribution in [0.3, 0.4) is 0 Å². The first-order chi connectivity index (χ1) is 4.34. The van der Waals surface area contributed by atoms with Crippen LogP contribution in [-0.4, -0.2) is 22.8 Å². The molecule has 1 heterocycles. The minimum Gasteiger partial charge on any atom is -0.333 e. The van der Waals surface area contributed by atoms with Crippen molar-refractivity contribution < 1.29 is 4.79 Å². The van der Waals surface area contributed by atoms with Crippen LogP contribution in [0.4, 0.5) is 0 Å². The monoisotopic (exact) mass is 191 g/mol. The maximum Gasteiger partial charge on any atom is 0.223 e. The molecule has 0 aromatic rings. The molecule has 0 unspecified atom stereocenters. The first-order valence-corrected chi connectivity index (χ1v) is 4.30. The molecule has 9 heavy (non-hydrogen) atoms. The molecule has 0 aliphatic carbocycles. The number of piperidine rings is 1. The molecule has 0 aromatic heterocycles. The third kappa shape index (κ3) is 1.68. The third-order valence-corrected chi connectivity index (χ3v) is 2.17. The number of rotatable bonds is 1. The zero-order valence-corrected chi connectivity index (χ0v) is 6.85. The van der Waals surface area contributed by atoms with Crippen LogP contribution >= 0.6 is 15.9 Å². The number of likely N-dealkylation sites (tertiary alicyclic amines) is 1. The van der Waals surface area contributed by atoms with Crippen molar-refractivity contribution in [1.29, 1.82) is 0 Å². The average molecular weight is 192 g/mol. The molecule has 1 amide bonds. The van der Waals surface area contributed by atoms with Crippen molar-refractivity contribution in [2.45, 2.75) is 19.3 Å². The number of nitrogens with zero attached hydrogens (tertiary/aromatic N) is 1. The van der Waals surface area contributed by atoms with E-state index in [0.29, 0.717) is 5.45 Å². The van der Waals surface area contributed by atoms with Crippen LogP contribution in [-0.2, 0) is 4.79 Å². The molecule has 1 saturated heterocycles. The van der Waals surface area contributed by atoms with Gasteiger partial charge in [-0.3, -0.25) is 4.79 Å². The Bertz CT molecular complexity index is 116. The van der Waals surface area contributed by atoms with E-state index in [2.05, 4.69) is 15.9 Å². The van der Waals surface area contributed by atoms with Crippen LogP contribution in [0.25, 0.3) is 0 Å². The Morgan fingerprint density at radius 3 is 2.78 bits per heavy atom. The fourth-order valence-electron chi connectivity index (χ4n) is 0.988. The summed E-state index contributed by atoms with van der Waals surface area (Å²) in [6.07, 6.45) is 2.98. The van der Waals surface area contributed by atoms with Crippen LogP contribution < -0.4 is 0 Å². The quantitative estimate of drug-likeness (QED) is 0.453. The van der Waals surface area contributed by atoms with Gasteiger partial charge in [0.15, 0.2) is 0 Å². The molecule has 0 atom stereocenters. The molecule has 0 spiro atoms. The number of halogens is 1. The normalized spacial score (nSPS) is 20.6. The number of hydrogen-bond donors (Lipinski definition) is 0. The third-order valence-electron chi connectivity index (χ3n) is 1.57. The molecule has 0 N–H and O–H groups in total. The summed E-state index contributed by atoms with van der Waals surface area (Å²) in [5.41, 5.74) is 0.700. The Morgan fingerprint density at radius 1 is 1.56 bits per heavy atom. The molecular weight excluding hydrogens is 182 g/mol. The Hall–Kier alpha value is -0.0500. The maximum atomic E-state index is 10.9. The first-order valence-electron chi connectivity index (χ1n) is 3.18. The van der Waals surface area contributed by atoms with E-state index in [1.54, 1.807) is 0 Å². The van der Waals surface area contributed by atoms with Crippen molar-refractivity contribution in [1.82, 2.24) is 4.90 Å². The average Bonchev–Trinajstić information content (AvgIpc) is 1.89. The van der Waals surface area contributed by atoms with Crippen LogP contribution in [0, 0.1) is 0 Å². The van der Waals surface area contributed by atoms with Gasteiger partial charge < -0.3 is 4.90 Å². The summed E-state index contributed by atoms with van der Waals surface area (Å²) in [7, 11) is 0. The summed E-state index contributed by atoms with van der Waals surface area (Å²) in [4.78, 5) is 12.8. The number of hydrogen-bond acceptors (Lipinski definition) is 1. The highest BCUT2D eigenvalue weighted by Crippen LogP contribution is 2.10. The molecule has 1 aliphatic heterocycles. The molecule has 0 aromatic carbocycles. The van der Waals surface area contributed by atoms with E-state index in [9.17, 15) is 4.79 Å². The van der Waals surface area contributed by atoms with Gasteiger partial charge in [0.25, 0.3) is 0 Å². The van der Waals surface area contributed by atoms with E-state index < -0.39 is 0 Å². The van der Waals surface area contributed by atoms with Gasteiger partial charge in [0, 0.05) is 13.0 Å². The highest BCUT2D eigenvalue weighted by Gasteiger charge is 2.15. The molecule has 2 nitrogen and oxygen atoms in total. The highest BCUT2D eigenvalue weighted by molar-refractivity contribution is 9.09. The first kappa shape index (κ1) is 7.06. The topological polar surface area (TPSA) is 20.3 Å². The summed E-state index contributed by atoms with van der Waals surface area (Å²) < 4.78 is 0. The second-order valence-electron chi connectivity index (χ2n) is 2.23. The number of amides is 1. The van der Waals surface area contributed by atoms with Crippen LogP contribution in [0.15, 0.2) is 0 Å². The molecular formula is C6H10BrNO. The Balaban J connectivity index is 2.39. The summed E-state index contributed by atoms with van der Waals surface area (Å²) in [6, 6.07) is 0. The Labute approximate surface area is 63.3 Å². The smallest absolute Gasteiger partial charge is 0.223 e. The minimum atomic E-state index is 0.290. The lowest BCUT2D eigenvalue weighted by Crippen LogP contribution is -2.33. The van der Waals surface area contributed by atoms with Crippen molar-refractivity contribution in [3.63, 3.8) is 0 Å². The van der Waals surface area contributed by atoms with Crippen molar-refractivity contribution in [3.05, 3.63) is 0 Å². The zero-order chi connectivity index (χ0) is 6.69. The molecule has 1 fully saturated rings. The fourth-order valence-corrected chi connectivity index (χ4v) is 1.52. The largest absolute Gasteiger partial charge is 0.333 e. The SMILES string of the molecule is O=C1CCCCN1CBr. The van der Waals surface area contributed by atoms with Crippen LogP contribution in [0.1, 0.15) is 19.3 Å². The molecule has 3 heteroatoms. The molecule has 0 radical (unpaired) electrons. The summed E-state index contributed by atoms with van der Waals surface area (Å²) >= 11 is 3.26. The van der Waals surface area contributed by atoms with Crippen molar-refractivity contribution >= 4 is 21.8 Å². The van der Waals surface area contributed by atoms with Gasteiger partial charge in [-0.05, 0) is 12.8 Å². The summed E-state index contributed by atoms with van der Waals surface area (Å²) in [6.45, 7) is 0.935. The Kier molecular flexibility index (Phi) is 2.51. The standard InChI is InChI=1S/C6H10BrNO/c7-5-8-4-2-1-3-6(8)9/h1-5H2. The predicted molar refractivity (Wildman–Crippen MR) is 39.4 cm³/mol. The lowest BCUT2D eigenvalue weighted by molar-refractivity contribution is -0.132. The lowest BCUT2D eigenvalue weighted by atomic mass is 10.1. The van der Waals surface area contributed by atoms with E-state index >= 15 is 0 Å². The van der Waals surface area contributed by atoms with Crippen LogP contribution in [0.2, 0.25) is 0 Å². The number of alkyl halides is 1. The van der Waals surface area contributed by atoms with Crippen LogP contribution in [0.5, 0.6) is 0 Å². The lowest BCUT2D eigenvalue weighted by Gasteiger charge is -2.23. The zero-order valence-electron chi connectivity index (χ0n) is 5.27. The molecule has 52 valence electrons. The maximum absolute atomic E-state index is 10.9. The minimum absolute atomic E-state index is 0.290. The molecule has 0 saturated carbocycles. The van der Waals surface area contributed by atoms with Gasteiger partial charge in [0.05, 0.1) is 5.45 Å².